The van der Waals surface area contributed by atoms with Gasteiger partial charge in [-0.2, -0.15) is 4.31 Å². The first-order valence-electron chi connectivity index (χ1n) is 4.68. The van der Waals surface area contributed by atoms with E-state index in [2.05, 4.69) is 0 Å². The van der Waals surface area contributed by atoms with Crippen LogP contribution in [-0.4, -0.2) is 67.7 Å². The Hall–Kier alpha value is -0.660. The summed E-state index contributed by atoms with van der Waals surface area (Å²) < 4.78 is 24.1. The Morgan fingerprint density at radius 1 is 1.47 bits per heavy atom. The quantitative estimate of drug-likeness (QED) is 0.682. The van der Waals surface area contributed by atoms with Crippen molar-refractivity contribution in [3.63, 3.8) is 0 Å². The molecule has 6 nitrogen and oxygen atoms in total. The maximum Gasteiger partial charge on any atom is 0.305 e. The number of carbonyl (C=O) groups is 1. The predicted octanol–water partition coefficient (Wildman–Crippen LogP) is -0.963. The summed E-state index contributed by atoms with van der Waals surface area (Å²) in [5.74, 6) is -0.969. The summed E-state index contributed by atoms with van der Waals surface area (Å²) >= 11 is 0. The van der Waals surface area contributed by atoms with Gasteiger partial charge in [-0.1, -0.05) is 0 Å². The van der Waals surface area contributed by atoms with E-state index in [-0.39, 0.29) is 6.42 Å². The number of hydrogen-bond acceptors (Lipinski definition) is 4. The van der Waals surface area contributed by atoms with E-state index in [1.165, 1.54) is 4.31 Å². The normalized spacial score (nSPS) is 25.3. The van der Waals surface area contributed by atoms with Crippen LogP contribution in [-0.2, 0) is 14.8 Å². The monoisotopic (exact) mass is 236 g/mol. The molecule has 0 unspecified atom stereocenters. The van der Waals surface area contributed by atoms with Crippen molar-refractivity contribution in [2.24, 2.45) is 0 Å². The Morgan fingerprint density at radius 3 is 2.53 bits per heavy atom. The first-order valence-corrected chi connectivity index (χ1v) is 6.52. The third-order valence-corrected chi connectivity index (χ3v) is 3.80. The SMILES string of the molecule is CN1CCN(S(C)(=O)=O)[C@@H](CC(=O)O)C1. The summed E-state index contributed by atoms with van der Waals surface area (Å²) in [4.78, 5) is 12.5. The molecule has 1 fully saturated rings. The lowest BCUT2D eigenvalue weighted by atomic mass is 10.1. The molecule has 7 heteroatoms. The van der Waals surface area contributed by atoms with Crippen LogP contribution < -0.4 is 0 Å². The molecule has 0 saturated carbocycles. The summed E-state index contributed by atoms with van der Waals surface area (Å²) in [6, 6.07) is -0.448. The second-order valence-electron chi connectivity index (χ2n) is 3.89. The van der Waals surface area contributed by atoms with Crippen molar-refractivity contribution in [3.8, 4) is 0 Å². The van der Waals surface area contributed by atoms with Gasteiger partial charge in [0.1, 0.15) is 0 Å². The first kappa shape index (κ1) is 12.4. The Kier molecular flexibility index (Phi) is 3.69. The van der Waals surface area contributed by atoms with E-state index in [9.17, 15) is 13.2 Å². The number of likely N-dealkylation sites (N-methyl/N-ethyl adjacent to an activating group) is 1. The fourth-order valence-corrected chi connectivity index (χ4v) is 2.89. The van der Waals surface area contributed by atoms with Crippen molar-refractivity contribution in [2.45, 2.75) is 12.5 Å². The van der Waals surface area contributed by atoms with Gasteiger partial charge in [0.15, 0.2) is 0 Å². The van der Waals surface area contributed by atoms with Crippen LogP contribution in [0, 0.1) is 0 Å². The molecular formula is C8H16N2O4S. The number of hydrogen-bond donors (Lipinski definition) is 1. The zero-order valence-electron chi connectivity index (χ0n) is 8.88. The average Bonchev–Trinajstić information content (AvgIpc) is 1.99. The van der Waals surface area contributed by atoms with E-state index in [4.69, 9.17) is 5.11 Å². The van der Waals surface area contributed by atoms with Crippen molar-refractivity contribution < 1.29 is 18.3 Å². The molecule has 0 radical (unpaired) electrons. The van der Waals surface area contributed by atoms with Crippen molar-refractivity contribution in [1.82, 2.24) is 9.21 Å². The highest BCUT2D eigenvalue weighted by Gasteiger charge is 2.32. The second kappa shape index (κ2) is 4.46. The zero-order valence-corrected chi connectivity index (χ0v) is 9.70. The molecular weight excluding hydrogens is 220 g/mol. The topological polar surface area (TPSA) is 77.9 Å². The lowest BCUT2D eigenvalue weighted by molar-refractivity contribution is -0.138. The molecule has 88 valence electrons. The molecule has 1 N–H and O–H groups in total. The lowest BCUT2D eigenvalue weighted by Gasteiger charge is -2.37. The molecule has 1 aliphatic heterocycles. The van der Waals surface area contributed by atoms with Gasteiger partial charge in [0.25, 0.3) is 0 Å². The molecule has 1 atom stereocenters. The lowest BCUT2D eigenvalue weighted by Crippen LogP contribution is -2.54. The Labute approximate surface area is 89.5 Å². The molecule has 0 amide bonds. The molecule has 0 aromatic rings. The summed E-state index contributed by atoms with van der Waals surface area (Å²) in [7, 11) is -1.45. The van der Waals surface area contributed by atoms with Crippen LogP contribution in [0.15, 0.2) is 0 Å². The molecule has 0 bridgehead atoms. The smallest absolute Gasteiger partial charge is 0.305 e. The number of rotatable bonds is 3. The molecule has 0 aliphatic carbocycles. The fraction of sp³-hybridized carbons (Fsp3) is 0.875. The Bertz CT molecular complexity index is 341. The number of piperazine rings is 1. The molecule has 15 heavy (non-hydrogen) atoms. The highest BCUT2D eigenvalue weighted by Crippen LogP contribution is 2.15. The molecule has 1 heterocycles. The number of carboxylic acid groups (broad SMARTS) is 1. The van der Waals surface area contributed by atoms with E-state index in [1.54, 1.807) is 0 Å². The van der Waals surface area contributed by atoms with Crippen molar-refractivity contribution in [2.75, 3.05) is 32.9 Å². The van der Waals surface area contributed by atoms with Crippen LogP contribution in [0.4, 0.5) is 0 Å². The molecule has 0 aromatic carbocycles. The summed E-state index contributed by atoms with van der Waals surface area (Å²) in [6.45, 7) is 1.48. The van der Waals surface area contributed by atoms with E-state index >= 15 is 0 Å². The van der Waals surface area contributed by atoms with Crippen molar-refractivity contribution >= 4 is 16.0 Å². The zero-order chi connectivity index (χ0) is 11.6. The van der Waals surface area contributed by atoms with Crippen LogP contribution in [0.5, 0.6) is 0 Å². The standard InChI is InChI=1S/C8H16N2O4S/c1-9-3-4-10(15(2,13)14)7(6-9)5-8(11)12/h7H,3-6H2,1-2H3,(H,11,12)/t7-/m0/s1. The largest absolute Gasteiger partial charge is 0.481 e. The maximum absolute atomic E-state index is 11.4. The van der Waals surface area contributed by atoms with Crippen LogP contribution in [0.1, 0.15) is 6.42 Å². The van der Waals surface area contributed by atoms with E-state index in [1.807, 2.05) is 11.9 Å². The van der Waals surface area contributed by atoms with Gasteiger partial charge in [-0.15, -0.1) is 0 Å². The van der Waals surface area contributed by atoms with Gasteiger partial charge < -0.3 is 10.0 Å². The number of nitrogens with zero attached hydrogens (tertiary/aromatic N) is 2. The molecule has 1 saturated heterocycles. The van der Waals surface area contributed by atoms with Crippen molar-refractivity contribution in [1.29, 1.82) is 0 Å². The number of aliphatic carboxylic acids is 1. The minimum atomic E-state index is -3.30. The number of carboxylic acids is 1. The Morgan fingerprint density at radius 2 is 2.07 bits per heavy atom. The highest BCUT2D eigenvalue weighted by molar-refractivity contribution is 7.88. The molecule has 0 spiro atoms. The second-order valence-corrected chi connectivity index (χ2v) is 5.82. The van der Waals surface area contributed by atoms with Gasteiger partial charge in [0.05, 0.1) is 12.7 Å². The summed E-state index contributed by atoms with van der Waals surface area (Å²) in [5, 5.41) is 8.70. The molecule has 1 aliphatic rings. The third-order valence-electron chi connectivity index (χ3n) is 2.47. The van der Waals surface area contributed by atoms with Crippen LogP contribution >= 0.6 is 0 Å². The van der Waals surface area contributed by atoms with Gasteiger partial charge in [-0.25, -0.2) is 8.42 Å². The van der Waals surface area contributed by atoms with Gasteiger partial charge >= 0.3 is 5.97 Å². The minimum Gasteiger partial charge on any atom is -0.481 e. The van der Waals surface area contributed by atoms with E-state index in [0.717, 1.165) is 6.26 Å². The minimum absolute atomic E-state index is 0.141. The van der Waals surface area contributed by atoms with Crippen LogP contribution in [0.2, 0.25) is 0 Å². The van der Waals surface area contributed by atoms with Crippen LogP contribution in [0.3, 0.4) is 0 Å². The maximum atomic E-state index is 11.4. The average molecular weight is 236 g/mol. The molecule has 1 rings (SSSR count). The van der Waals surface area contributed by atoms with Gasteiger partial charge in [0.2, 0.25) is 10.0 Å². The van der Waals surface area contributed by atoms with Crippen molar-refractivity contribution in [3.05, 3.63) is 0 Å². The summed E-state index contributed by atoms with van der Waals surface area (Å²) in [5.41, 5.74) is 0. The summed E-state index contributed by atoms with van der Waals surface area (Å²) in [6.07, 6.45) is 0.977. The van der Waals surface area contributed by atoms with Crippen LogP contribution in [0.25, 0.3) is 0 Å². The fourth-order valence-electron chi connectivity index (χ4n) is 1.80. The predicted molar refractivity (Wildman–Crippen MR) is 55.1 cm³/mol. The number of sulfonamides is 1. The highest BCUT2D eigenvalue weighted by atomic mass is 32.2. The van der Waals surface area contributed by atoms with E-state index in [0.29, 0.717) is 19.6 Å². The third kappa shape index (κ3) is 3.44. The van der Waals surface area contributed by atoms with Gasteiger partial charge in [-0.05, 0) is 7.05 Å². The first-order chi connectivity index (χ1) is 6.80. The van der Waals surface area contributed by atoms with E-state index < -0.39 is 22.0 Å². The van der Waals surface area contributed by atoms with Gasteiger partial charge in [-0.3, -0.25) is 4.79 Å². The molecule has 0 aromatic heterocycles. The Balaban J connectivity index is 2.80. The van der Waals surface area contributed by atoms with Gasteiger partial charge in [0, 0.05) is 25.7 Å².